The number of nitrogens with one attached hydrogen (secondary N) is 2. The quantitative estimate of drug-likeness (QED) is 0.684. The summed E-state index contributed by atoms with van der Waals surface area (Å²) in [7, 11) is 0. The monoisotopic (exact) mass is 284 g/mol. The van der Waals surface area contributed by atoms with E-state index in [0.29, 0.717) is 13.1 Å². The molecule has 0 saturated carbocycles. The SMILES string of the molecule is CCC(CNC(=O)NCCc1ccsc1)CC(=O)O. The van der Waals surface area contributed by atoms with Gasteiger partial charge >= 0.3 is 12.0 Å². The molecule has 0 spiro atoms. The lowest BCUT2D eigenvalue weighted by Crippen LogP contribution is -2.39. The number of aliphatic carboxylic acids is 1. The van der Waals surface area contributed by atoms with Crippen LogP contribution in [0.5, 0.6) is 0 Å². The fourth-order valence-electron chi connectivity index (χ4n) is 1.66. The molecule has 1 heterocycles. The normalized spacial score (nSPS) is 11.8. The zero-order chi connectivity index (χ0) is 14.1. The second-order valence-electron chi connectivity index (χ2n) is 4.39. The van der Waals surface area contributed by atoms with Gasteiger partial charge in [0.2, 0.25) is 0 Å². The lowest BCUT2D eigenvalue weighted by Gasteiger charge is -2.13. The first-order valence-corrected chi connectivity index (χ1v) is 7.30. The van der Waals surface area contributed by atoms with Gasteiger partial charge in [-0.15, -0.1) is 0 Å². The van der Waals surface area contributed by atoms with Gasteiger partial charge in [-0.2, -0.15) is 11.3 Å². The van der Waals surface area contributed by atoms with Crippen molar-refractivity contribution in [3.63, 3.8) is 0 Å². The number of carbonyl (C=O) groups is 2. The molecule has 0 aliphatic carbocycles. The molecule has 6 heteroatoms. The number of rotatable bonds is 8. The molecule has 1 rings (SSSR count). The third-order valence-corrected chi connectivity index (χ3v) is 3.60. The molecule has 0 saturated heterocycles. The summed E-state index contributed by atoms with van der Waals surface area (Å²) >= 11 is 1.64. The maximum atomic E-state index is 11.5. The number of urea groups is 1. The van der Waals surface area contributed by atoms with E-state index in [1.807, 2.05) is 18.4 Å². The van der Waals surface area contributed by atoms with E-state index >= 15 is 0 Å². The summed E-state index contributed by atoms with van der Waals surface area (Å²) in [6.07, 6.45) is 1.64. The smallest absolute Gasteiger partial charge is 0.314 e. The Morgan fingerprint density at radius 3 is 2.79 bits per heavy atom. The fraction of sp³-hybridized carbons (Fsp3) is 0.538. The zero-order valence-electron chi connectivity index (χ0n) is 11.0. The highest BCUT2D eigenvalue weighted by Gasteiger charge is 2.12. The van der Waals surface area contributed by atoms with Crippen LogP contribution >= 0.6 is 11.3 Å². The van der Waals surface area contributed by atoms with Crippen LogP contribution in [0.25, 0.3) is 0 Å². The van der Waals surface area contributed by atoms with Crippen LogP contribution in [0, 0.1) is 5.92 Å². The average molecular weight is 284 g/mol. The second kappa shape index (κ2) is 8.53. The molecule has 0 bridgehead atoms. The van der Waals surface area contributed by atoms with Crippen LogP contribution in [-0.2, 0) is 11.2 Å². The van der Waals surface area contributed by atoms with Gasteiger partial charge in [-0.25, -0.2) is 4.79 Å². The third kappa shape index (κ3) is 6.81. The average Bonchev–Trinajstić information content (AvgIpc) is 2.87. The van der Waals surface area contributed by atoms with Gasteiger partial charge in [0.25, 0.3) is 0 Å². The number of hydrogen-bond acceptors (Lipinski definition) is 3. The van der Waals surface area contributed by atoms with E-state index < -0.39 is 5.97 Å². The summed E-state index contributed by atoms with van der Waals surface area (Å²) in [5.74, 6) is -0.841. The first kappa shape index (κ1) is 15.5. The molecule has 3 N–H and O–H groups in total. The van der Waals surface area contributed by atoms with Crippen molar-refractivity contribution >= 4 is 23.3 Å². The van der Waals surface area contributed by atoms with Gasteiger partial charge in [0.05, 0.1) is 0 Å². The van der Waals surface area contributed by atoms with E-state index in [4.69, 9.17) is 5.11 Å². The Morgan fingerprint density at radius 1 is 1.42 bits per heavy atom. The Kier molecular flexibility index (Phi) is 6.95. The molecule has 0 fully saturated rings. The van der Waals surface area contributed by atoms with E-state index in [1.165, 1.54) is 5.56 Å². The van der Waals surface area contributed by atoms with Crippen LogP contribution < -0.4 is 10.6 Å². The van der Waals surface area contributed by atoms with Crippen LogP contribution in [0.15, 0.2) is 16.8 Å². The van der Waals surface area contributed by atoms with Gasteiger partial charge in [-0.05, 0) is 34.7 Å². The van der Waals surface area contributed by atoms with E-state index in [1.54, 1.807) is 11.3 Å². The summed E-state index contributed by atoms with van der Waals surface area (Å²) in [6.45, 7) is 2.90. The van der Waals surface area contributed by atoms with Crippen molar-refractivity contribution in [1.29, 1.82) is 0 Å². The van der Waals surface area contributed by atoms with Crippen molar-refractivity contribution in [3.8, 4) is 0 Å². The van der Waals surface area contributed by atoms with Crippen molar-refractivity contribution < 1.29 is 14.7 Å². The Labute approximate surface area is 117 Å². The van der Waals surface area contributed by atoms with E-state index in [2.05, 4.69) is 16.0 Å². The van der Waals surface area contributed by atoms with E-state index in [-0.39, 0.29) is 18.4 Å². The number of amides is 2. The standard InChI is InChI=1S/C13H20N2O3S/c1-2-10(7-12(16)17)8-15-13(18)14-5-3-11-4-6-19-9-11/h4,6,9-10H,2-3,5,7-8H2,1H3,(H,16,17)(H2,14,15,18). The Hall–Kier alpha value is -1.56. The number of carboxylic acid groups (broad SMARTS) is 1. The van der Waals surface area contributed by atoms with Gasteiger partial charge in [0, 0.05) is 19.5 Å². The van der Waals surface area contributed by atoms with Gasteiger partial charge in [0.15, 0.2) is 0 Å². The maximum Gasteiger partial charge on any atom is 0.314 e. The molecule has 0 radical (unpaired) electrons. The molecule has 5 nitrogen and oxygen atoms in total. The maximum absolute atomic E-state index is 11.5. The first-order chi connectivity index (χ1) is 9.11. The molecule has 19 heavy (non-hydrogen) atoms. The van der Waals surface area contributed by atoms with Gasteiger partial charge < -0.3 is 15.7 Å². The molecule has 0 aliphatic heterocycles. The number of thiophene rings is 1. The molecule has 1 atom stereocenters. The predicted molar refractivity (Wildman–Crippen MR) is 75.5 cm³/mol. The van der Waals surface area contributed by atoms with E-state index in [9.17, 15) is 9.59 Å². The van der Waals surface area contributed by atoms with E-state index in [0.717, 1.165) is 12.8 Å². The minimum absolute atomic E-state index is 0.0138. The minimum Gasteiger partial charge on any atom is -0.481 e. The molecule has 0 aliphatic rings. The fourth-order valence-corrected chi connectivity index (χ4v) is 2.37. The van der Waals surface area contributed by atoms with Crippen LogP contribution in [0.3, 0.4) is 0 Å². The van der Waals surface area contributed by atoms with Crippen LogP contribution in [0.1, 0.15) is 25.3 Å². The summed E-state index contributed by atoms with van der Waals surface area (Å²) in [6, 6.07) is 1.79. The second-order valence-corrected chi connectivity index (χ2v) is 5.17. The van der Waals surface area contributed by atoms with Gasteiger partial charge in [-0.1, -0.05) is 13.3 Å². The molecule has 1 unspecified atom stereocenters. The molecule has 106 valence electrons. The summed E-state index contributed by atoms with van der Waals surface area (Å²) in [5.41, 5.74) is 1.21. The van der Waals surface area contributed by atoms with Gasteiger partial charge in [0.1, 0.15) is 0 Å². The van der Waals surface area contributed by atoms with Crippen LogP contribution in [-0.4, -0.2) is 30.2 Å². The highest BCUT2D eigenvalue weighted by atomic mass is 32.1. The first-order valence-electron chi connectivity index (χ1n) is 6.36. The Bertz CT molecular complexity index is 393. The van der Waals surface area contributed by atoms with Crippen LogP contribution in [0.4, 0.5) is 4.79 Å². The predicted octanol–water partition coefficient (Wildman–Crippen LogP) is 2.09. The van der Waals surface area contributed by atoms with Crippen molar-refractivity contribution in [3.05, 3.63) is 22.4 Å². The largest absolute Gasteiger partial charge is 0.481 e. The highest BCUT2D eigenvalue weighted by Crippen LogP contribution is 2.07. The van der Waals surface area contributed by atoms with Crippen molar-refractivity contribution in [2.45, 2.75) is 26.2 Å². The summed E-state index contributed by atoms with van der Waals surface area (Å²) in [4.78, 5) is 22.1. The zero-order valence-corrected chi connectivity index (χ0v) is 11.8. The van der Waals surface area contributed by atoms with Crippen molar-refractivity contribution in [2.75, 3.05) is 13.1 Å². The lowest BCUT2D eigenvalue weighted by molar-refractivity contribution is -0.138. The molecular formula is C13H20N2O3S. The molecule has 1 aromatic rings. The summed E-state index contributed by atoms with van der Waals surface area (Å²) < 4.78 is 0. The Morgan fingerprint density at radius 2 is 2.21 bits per heavy atom. The molecular weight excluding hydrogens is 264 g/mol. The lowest BCUT2D eigenvalue weighted by atomic mass is 10.0. The molecule has 0 aromatic carbocycles. The number of carboxylic acids is 1. The van der Waals surface area contributed by atoms with Crippen molar-refractivity contribution in [2.24, 2.45) is 5.92 Å². The molecule has 1 aromatic heterocycles. The minimum atomic E-state index is -0.827. The highest BCUT2D eigenvalue weighted by molar-refractivity contribution is 7.07. The number of hydrogen-bond donors (Lipinski definition) is 3. The number of carbonyl (C=O) groups excluding carboxylic acids is 1. The Balaban J connectivity index is 2.14. The molecule has 2 amide bonds. The van der Waals surface area contributed by atoms with Crippen molar-refractivity contribution in [1.82, 2.24) is 10.6 Å². The topological polar surface area (TPSA) is 78.4 Å². The van der Waals surface area contributed by atoms with Gasteiger partial charge in [-0.3, -0.25) is 4.79 Å². The van der Waals surface area contributed by atoms with Crippen LogP contribution in [0.2, 0.25) is 0 Å². The third-order valence-electron chi connectivity index (χ3n) is 2.87. The summed E-state index contributed by atoms with van der Waals surface area (Å²) in [5, 5.41) is 18.2.